The van der Waals surface area contributed by atoms with Crippen LogP contribution in [0, 0.1) is 0 Å². The predicted molar refractivity (Wildman–Crippen MR) is 58.8 cm³/mol. The van der Waals surface area contributed by atoms with Crippen LogP contribution in [0.15, 0.2) is 18.2 Å². The van der Waals surface area contributed by atoms with E-state index in [1.807, 2.05) is 19.9 Å². The fourth-order valence-corrected chi connectivity index (χ4v) is 1.31. The summed E-state index contributed by atoms with van der Waals surface area (Å²) >= 11 is 0. The molecule has 1 N–H and O–H groups in total. The van der Waals surface area contributed by atoms with E-state index in [0.717, 1.165) is 11.1 Å². The molecule has 1 rings (SSSR count). The highest BCUT2D eigenvalue weighted by atomic mass is 16.5. The molecule has 1 aromatic carbocycles. The Labute approximate surface area is 90.6 Å². The van der Waals surface area contributed by atoms with Gasteiger partial charge in [-0.05, 0) is 37.1 Å². The highest BCUT2D eigenvalue weighted by Gasteiger charge is 2.03. The van der Waals surface area contributed by atoms with Gasteiger partial charge in [-0.3, -0.25) is 0 Å². The third kappa shape index (κ3) is 3.90. The van der Waals surface area contributed by atoms with Gasteiger partial charge in [0, 0.05) is 13.2 Å². The van der Waals surface area contributed by atoms with Gasteiger partial charge in [-0.2, -0.15) is 0 Å². The Kier molecular flexibility index (Phi) is 5.15. The zero-order valence-corrected chi connectivity index (χ0v) is 9.32. The zero-order valence-electron chi connectivity index (χ0n) is 9.32. The number of benzene rings is 1. The summed E-state index contributed by atoms with van der Waals surface area (Å²) in [6.45, 7) is 6.36. The van der Waals surface area contributed by atoms with Gasteiger partial charge in [0.05, 0.1) is 13.2 Å². The molecule has 0 aliphatic rings. The van der Waals surface area contributed by atoms with Crippen molar-refractivity contribution in [1.29, 1.82) is 0 Å². The molecule has 0 aliphatic carbocycles. The maximum atomic E-state index is 9.37. The number of phenolic OH excluding ortho intramolecular Hbond substituents is 1. The van der Waals surface area contributed by atoms with E-state index in [4.69, 9.17) is 9.47 Å². The Morgan fingerprint density at radius 1 is 1.00 bits per heavy atom. The van der Waals surface area contributed by atoms with Crippen LogP contribution in [0.25, 0.3) is 0 Å². The zero-order chi connectivity index (χ0) is 11.1. The molecule has 0 saturated heterocycles. The van der Waals surface area contributed by atoms with Gasteiger partial charge >= 0.3 is 0 Å². The van der Waals surface area contributed by atoms with E-state index in [1.54, 1.807) is 12.1 Å². The van der Waals surface area contributed by atoms with Crippen LogP contribution in [0.3, 0.4) is 0 Å². The molecule has 0 amide bonds. The number of phenols is 1. The fraction of sp³-hybridized carbons (Fsp3) is 0.500. The second kappa shape index (κ2) is 6.43. The van der Waals surface area contributed by atoms with Crippen LogP contribution in [-0.4, -0.2) is 18.3 Å². The van der Waals surface area contributed by atoms with Crippen molar-refractivity contribution in [2.45, 2.75) is 27.1 Å². The van der Waals surface area contributed by atoms with E-state index in [-0.39, 0.29) is 5.75 Å². The summed E-state index contributed by atoms with van der Waals surface area (Å²) in [4.78, 5) is 0. The quantitative estimate of drug-likeness (QED) is 0.783. The lowest BCUT2D eigenvalue weighted by Crippen LogP contribution is -2.00. The summed E-state index contributed by atoms with van der Waals surface area (Å²) in [6.07, 6.45) is 0. The van der Waals surface area contributed by atoms with Crippen LogP contribution >= 0.6 is 0 Å². The van der Waals surface area contributed by atoms with Gasteiger partial charge < -0.3 is 14.6 Å². The van der Waals surface area contributed by atoms with Crippen LogP contribution in [0.2, 0.25) is 0 Å². The topological polar surface area (TPSA) is 38.7 Å². The molecule has 0 heterocycles. The van der Waals surface area contributed by atoms with Crippen molar-refractivity contribution in [2.75, 3.05) is 13.2 Å². The van der Waals surface area contributed by atoms with Gasteiger partial charge in [-0.1, -0.05) is 6.07 Å². The molecule has 3 heteroatoms. The van der Waals surface area contributed by atoms with Crippen LogP contribution in [-0.2, 0) is 22.7 Å². The maximum absolute atomic E-state index is 9.37. The molecule has 0 radical (unpaired) electrons. The first-order valence-electron chi connectivity index (χ1n) is 5.24. The lowest BCUT2D eigenvalue weighted by Gasteiger charge is -2.10. The van der Waals surface area contributed by atoms with Crippen LogP contribution in [0.4, 0.5) is 0 Å². The first-order chi connectivity index (χ1) is 7.27. The van der Waals surface area contributed by atoms with Crippen LogP contribution in [0.1, 0.15) is 25.0 Å². The number of hydrogen-bond acceptors (Lipinski definition) is 3. The molecule has 0 bridgehead atoms. The predicted octanol–water partition coefficient (Wildman–Crippen LogP) is 2.47. The SMILES string of the molecule is CCOCc1ccc(O)cc1COCC. The van der Waals surface area contributed by atoms with E-state index in [1.165, 1.54) is 0 Å². The van der Waals surface area contributed by atoms with Crippen molar-refractivity contribution in [3.63, 3.8) is 0 Å². The number of hydrogen-bond donors (Lipinski definition) is 1. The van der Waals surface area contributed by atoms with Gasteiger partial charge in [-0.15, -0.1) is 0 Å². The van der Waals surface area contributed by atoms with E-state index < -0.39 is 0 Å². The molecule has 0 saturated carbocycles. The van der Waals surface area contributed by atoms with Crippen LogP contribution < -0.4 is 0 Å². The Hall–Kier alpha value is -1.06. The largest absolute Gasteiger partial charge is 0.508 e. The first-order valence-corrected chi connectivity index (χ1v) is 5.24. The van der Waals surface area contributed by atoms with Crippen molar-refractivity contribution in [2.24, 2.45) is 0 Å². The number of aromatic hydroxyl groups is 1. The summed E-state index contributed by atoms with van der Waals surface area (Å²) < 4.78 is 10.7. The van der Waals surface area contributed by atoms with E-state index >= 15 is 0 Å². The Bertz CT molecular complexity index is 297. The van der Waals surface area contributed by atoms with Gasteiger partial charge in [0.2, 0.25) is 0 Å². The molecular weight excluding hydrogens is 192 g/mol. The average Bonchev–Trinajstić information content (AvgIpc) is 2.25. The van der Waals surface area contributed by atoms with Crippen molar-refractivity contribution >= 4 is 0 Å². The molecule has 3 nitrogen and oxygen atoms in total. The lowest BCUT2D eigenvalue weighted by atomic mass is 10.1. The standard InChI is InChI=1S/C12H18O3/c1-3-14-8-10-5-6-12(13)7-11(10)9-15-4-2/h5-7,13H,3-4,8-9H2,1-2H3. The van der Waals surface area contributed by atoms with Crippen molar-refractivity contribution in [3.05, 3.63) is 29.3 Å². The molecule has 0 fully saturated rings. The molecule has 1 aromatic rings. The van der Waals surface area contributed by atoms with Crippen LogP contribution in [0.5, 0.6) is 5.75 Å². The van der Waals surface area contributed by atoms with E-state index in [0.29, 0.717) is 26.4 Å². The minimum Gasteiger partial charge on any atom is -0.508 e. The first kappa shape index (κ1) is 12.0. The Balaban J connectivity index is 2.73. The minimum atomic E-state index is 0.268. The third-order valence-electron chi connectivity index (χ3n) is 2.11. The molecule has 0 spiro atoms. The molecule has 0 unspecified atom stereocenters. The minimum absolute atomic E-state index is 0.268. The smallest absolute Gasteiger partial charge is 0.115 e. The normalized spacial score (nSPS) is 10.5. The van der Waals surface area contributed by atoms with Gasteiger partial charge in [-0.25, -0.2) is 0 Å². The monoisotopic (exact) mass is 210 g/mol. The molecule has 84 valence electrons. The summed E-state index contributed by atoms with van der Waals surface area (Å²) in [7, 11) is 0. The summed E-state index contributed by atoms with van der Waals surface area (Å²) in [5, 5.41) is 9.37. The van der Waals surface area contributed by atoms with Gasteiger partial charge in [0.25, 0.3) is 0 Å². The Morgan fingerprint density at radius 2 is 1.60 bits per heavy atom. The van der Waals surface area contributed by atoms with Gasteiger partial charge in [0.1, 0.15) is 5.75 Å². The summed E-state index contributed by atoms with van der Waals surface area (Å²) in [5.41, 5.74) is 2.06. The van der Waals surface area contributed by atoms with Crippen molar-refractivity contribution < 1.29 is 14.6 Å². The number of ether oxygens (including phenoxy) is 2. The molecule has 0 aromatic heterocycles. The maximum Gasteiger partial charge on any atom is 0.115 e. The van der Waals surface area contributed by atoms with Crippen molar-refractivity contribution in [1.82, 2.24) is 0 Å². The highest BCUT2D eigenvalue weighted by molar-refractivity contribution is 5.34. The second-order valence-corrected chi connectivity index (χ2v) is 3.23. The van der Waals surface area contributed by atoms with Crippen molar-refractivity contribution in [3.8, 4) is 5.75 Å². The second-order valence-electron chi connectivity index (χ2n) is 3.23. The highest BCUT2D eigenvalue weighted by Crippen LogP contribution is 2.18. The lowest BCUT2D eigenvalue weighted by molar-refractivity contribution is 0.119. The molecule has 15 heavy (non-hydrogen) atoms. The van der Waals surface area contributed by atoms with Gasteiger partial charge in [0.15, 0.2) is 0 Å². The molecule has 0 aliphatic heterocycles. The average molecular weight is 210 g/mol. The fourth-order valence-electron chi connectivity index (χ4n) is 1.31. The Morgan fingerprint density at radius 3 is 2.20 bits per heavy atom. The van der Waals surface area contributed by atoms with E-state index in [9.17, 15) is 5.11 Å². The summed E-state index contributed by atoms with van der Waals surface area (Å²) in [5.74, 6) is 0.268. The third-order valence-corrected chi connectivity index (χ3v) is 2.11. The number of rotatable bonds is 6. The molecule has 0 atom stereocenters. The summed E-state index contributed by atoms with van der Waals surface area (Å²) in [6, 6.07) is 5.27. The molecular formula is C12H18O3. The van der Waals surface area contributed by atoms with E-state index in [2.05, 4.69) is 0 Å².